The van der Waals surface area contributed by atoms with Gasteiger partial charge in [-0.2, -0.15) is 0 Å². The highest BCUT2D eigenvalue weighted by Gasteiger charge is 2.30. The fourth-order valence-electron chi connectivity index (χ4n) is 2.85. The number of anilines is 1. The van der Waals surface area contributed by atoms with E-state index in [9.17, 15) is 4.79 Å². The molecule has 1 amide bonds. The molecule has 0 aliphatic heterocycles. The largest absolute Gasteiger partial charge is 0.484 e. The van der Waals surface area contributed by atoms with Crippen molar-refractivity contribution in [2.45, 2.75) is 37.6 Å². The van der Waals surface area contributed by atoms with E-state index in [-0.39, 0.29) is 29.1 Å². The highest BCUT2D eigenvalue weighted by molar-refractivity contribution is 7.99. The normalized spacial score (nSPS) is 13.3. The molecule has 162 valence electrons. The molecule has 31 heavy (non-hydrogen) atoms. The summed E-state index contributed by atoms with van der Waals surface area (Å²) in [5.41, 5.74) is 0.589. The van der Waals surface area contributed by atoms with Gasteiger partial charge in [0.05, 0.1) is 26.5 Å². The summed E-state index contributed by atoms with van der Waals surface area (Å²) in [5, 5.41) is 13.2. The van der Waals surface area contributed by atoms with Crippen molar-refractivity contribution in [3.8, 4) is 5.75 Å². The zero-order valence-corrected chi connectivity index (χ0v) is 19.5. The number of halogens is 3. The van der Waals surface area contributed by atoms with E-state index < -0.39 is 0 Å². The molecule has 4 rings (SSSR count). The number of hydrogen-bond donors (Lipinski definition) is 1. The average Bonchev–Trinajstić information content (AvgIpc) is 3.50. The van der Waals surface area contributed by atoms with Gasteiger partial charge in [0.2, 0.25) is 5.91 Å². The van der Waals surface area contributed by atoms with Gasteiger partial charge < -0.3 is 10.1 Å². The van der Waals surface area contributed by atoms with Crippen molar-refractivity contribution in [1.29, 1.82) is 0 Å². The van der Waals surface area contributed by atoms with E-state index in [1.807, 2.05) is 16.7 Å². The van der Waals surface area contributed by atoms with Crippen molar-refractivity contribution in [1.82, 2.24) is 19.7 Å². The van der Waals surface area contributed by atoms with Gasteiger partial charge in [0, 0.05) is 6.04 Å². The van der Waals surface area contributed by atoms with Crippen LogP contribution in [-0.4, -0.2) is 31.4 Å². The number of aromatic nitrogens is 4. The smallest absolute Gasteiger partial charge is 0.236 e. The van der Waals surface area contributed by atoms with E-state index in [2.05, 4.69) is 20.5 Å². The molecule has 1 fully saturated rings. The van der Waals surface area contributed by atoms with E-state index in [1.54, 1.807) is 25.1 Å². The molecule has 11 heteroatoms. The number of aryl methyl sites for hydroxylation is 1. The molecule has 0 unspecified atom stereocenters. The monoisotopic (exact) mass is 497 g/mol. The molecule has 1 N–H and O–H groups in total. The van der Waals surface area contributed by atoms with Crippen LogP contribution in [0.4, 0.5) is 5.82 Å². The van der Waals surface area contributed by atoms with Gasteiger partial charge in [-0.25, -0.2) is 4.98 Å². The van der Waals surface area contributed by atoms with Crippen LogP contribution in [0.15, 0.2) is 35.5 Å². The molecule has 0 spiro atoms. The van der Waals surface area contributed by atoms with Crippen LogP contribution in [0.1, 0.15) is 30.4 Å². The minimum Gasteiger partial charge on any atom is -0.484 e. The number of rotatable bonds is 8. The van der Waals surface area contributed by atoms with Gasteiger partial charge in [0.15, 0.2) is 16.8 Å². The van der Waals surface area contributed by atoms with E-state index in [4.69, 9.17) is 39.5 Å². The molecule has 7 nitrogen and oxygen atoms in total. The van der Waals surface area contributed by atoms with Crippen LogP contribution in [0.2, 0.25) is 15.1 Å². The van der Waals surface area contributed by atoms with Gasteiger partial charge in [0.1, 0.15) is 12.4 Å². The molecule has 1 aromatic carbocycles. The van der Waals surface area contributed by atoms with Gasteiger partial charge in [0.25, 0.3) is 0 Å². The highest BCUT2D eigenvalue weighted by atomic mass is 35.5. The Hall–Kier alpha value is -2.00. The second kappa shape index (κ2) is 9.65. The molecule has 2 heterocycles. The Labute approximate surface area is 198 Å². The molecular formula is C20H18Cl3N5O2S. The van der Waals surface area contributed by atoms with Crippen molar-refractivity contribution in [2.24, 2.45) is 0 Å². The molecule has 0 radical (unpaired) electrons. The third-order valence-corrected chi connectivity index (χ3v) is 6.46. The molecule has 0 atom stereocenters. The SMILES string of the molecule is Cc1nc(NC(=O)CSc2nnc(COc3ccccc3Cl)n2C2CC2)c(Cl)cc1Cl. The predicted molar refractivity (Wildman–Crippen MR) is 122 cm³/mol. The van der Waals surface area contributed by atoms with Gasteiger partial charge >= 0.3 is 0 Å². The molecule has 1 aliphatic rings. The van der Waals surface area contributed by atoms with Crippen molar-refractivity contribution in [3.05, 3.63) is 56.9 Å². The predicted octanol–water partition coefficient (Wildman–Crippen LogP) is 5.59. The van der Waals surface area contributed by atoms with Gasteiger partial charge in [-0.05, 0) is 38.0 Å². The first kappa shape index (κ1) is 22.2. The number of amides is 1. The van der Waals surface area contributed by atoms with Crippen LogP contribution >= 0.6 is 46.6 Å². The summed E-state index contributed by atoms with van der Waals surface area (Å²) in [4.78, 5) is 16.6. The summed E-state index contributed by atoms with van der Waals surface area (Å²) in [7, 11) is 0. The Bertz CT molecular complexity index is 1120. The van der Waals surface area contributed by atoms with Crippen LogP contribution in [0.3, 0.4) is 0 Å². The number of carbonyl (C=O) groups is 1. The zero-order valence-electron chi connectivity index (χ0n) is 16.4. The number of carbonyl (C=O) groups excluding carboxylic acids is 1. The lowest BCUT2D eigenvalue weighted by Crippen LogP contribution is -2.16. The molecule has 1 saturated carbocycles. The lowest BCUT2D eigenvalue weighted by Gasteiger charge is -2.11. The first-order valence-corrected chi connectivity index (χ1v) is 11.6. The summed E-state index contributed by atoms with van der Waals surface area (Å²) < 4.78 is 7.85. The summed E-state index contributed by atoms with van der Waals surface area (Å²) in [6.45, 7) is 1.98. The van der Waals surface area contributed by atoms with Crippen molar-refractivity contribution in [2.75, 3.05) is 11.1 Å². The molecule has 3 aromatic rings. The fraction of sp³-hybridized carbons (Fsp3) is 0.300. The third-order valence-electron chi connectivity index (χ3n) is 4.54. The van der Waals surface area contributed by atoms with Crippen molar-refractivity contribution < 1.29 is 9.53 Å². The number of thioether (sulfide) groups is 1. The molecule has 0 bridgehead atoms. The van der Waals surface area contributed by atoms with Crippen LogP contribution in [0.25, 0.3) is 0 Å². The maximum atomic E-state index is 12.4. The summed E-state index contributed by atoms with van der Waals surface area (Å²) in [6.07, 6.45) is 2.08. The second-order valence-electron chi connectivity index (χ2n) is 6.94. The van der Waals surface area contributed by atoms with E-state index in [1.165, 1.54) is 11.8 Å². The topological polar surface area (TPSA) is 81.9 Å². The highest BCUT2D eigenvalue weighted by Crippen LogP contribution is 2.39. The van der Waals surface area contributed by atoms with Crippen LogP contribution in [0.5, 0.6) is 5.75 Å². The number of para-hydroxylation sites is 1. The number of nitrogens with zero attached hydrogens (tertiary/aromatic N) is 4. The quantitative estimate of drug-likeness (QED) is 0.408. The lowest BCUT2D eigenvalue weighted by molar-refractivity contribution is -0.113. The number of ether oxygens (including phenoxy) is 1. The maximum Gasteiger partial charge on any atom is 0.236 e. The maximum absolute atomic E-state index is 12.4. The van der Waals surface area contributed by atoms with Crippen LogP contribution in [0, 0.1) is 6.92 Å². The van der Waals surface area contributed by atoms with Gasteiger partial charge in [-0.3, -0.25) is 9.36 Å². The standard InChI is InChI=1S/C20H18Cl3N5O2S/c1-11-14(22)8-15(23)19(24-11)25-18(29)10-31-20-27-26-17(28(20)12-6-7-12)9-30-16-5-3-2-4-13(16)21/h2-5,8,12H,6-7,9-10H2,1H3,(H,24,25,29). The molecular weight excluding hydrogens is 481 g/mol. The average molecular weight is 499 g/mol. The Morgan fingerprint density at radius 2 is 1.97 bits per heavy atom. The summed E-state index contributed by atoms with van der Waals surface area (Å²) in [6, 6.07) is 9.15. The first-order chi connectivity index (χ1) is 14.9. The molecule has 1 aliphatic carbocycles. The summed E-state index contributed by atoms with van der Waals surface area (Å²) >= 11 is 19.6. The van der Waals surface area contributed by atoms with E-state index in [0.29, 0.717) is 38.5 Å². The van der Waals surface area contributed by atoms with Crippen LogP contribution < -0.4 is 10.1 Å². The Balaban J connectivity index is 1.40. The Kier molecular flexibility index (Phi) is 6.91. The second-order valence-corrected chi connectivity index (χ2v) is 9.11. The number of hydrogen-bond acceptors (Lipinski definition) is 6. The third kappa shape index (κ3) is 5.44. The number of pyridine rings is 1. The number of benzene rings is 1. The van der Waals surface area contributed by atoms with Gasteiger partial charge in [-0.1, -0.05) is 58.7 Å². The molecule has 0 saturated heterocycles. The van der Waals surface area contributed by atoms with Crippen LogP contribution in [-0.2, 0) is 11.4 Å². The minimum absolute atomic E-state index is 0.135. The Morgan fingerprint density at radius 1 is 1.19 bits per heavy atom. The molecule has 2 aromatic heterocycles. The van der Waals surface area contributed by atoms with E-state index in [0.717, 1.165) is 12.8 Å². The Morgan fingerprint density at radius 3 is 2.71 bits per heavy atom. The van der Waals surface area contributed by atoms with Crippen molar-refractivity contribution in [3.63, 3.8) is 0 Å². The van der Waals surface area contributed by atoms with E-state index >= 15 is 0 Å². The van der Waals surface area contributed by atoms with Gasteiger partial charge in [-0.15, -0.1) is 10.2 Å². The number of nitrogens with one attached hydrogen (secondary N) is 1. The van der Waals surface area contributed by atoms with Crippen molar-refractivity contribution >= 4 is 58.3 Å². The zero-order chi connectivity index (χ0) is 22.0. The minimum atomic E-state index is -0.250. The lowest BCUT2D eigenvalue weighted by atomic mass is 10.3. The first-order valence-electron chi connectivity index (χ1n) is 9.48. The summed E-state index contributed by atoms with van der Waals surface area (Å²) in [5.74, 6) is 1.46. The fourth-order valence-corrected chi connectivity index (χ4v) is 4.27.